The topological polar surface area (TPSA) is 61.9 Å². The molecule has 2 aromatic heterocycles. The van der Waals surface area contributed by atoms with Gasteiger partial charge in [-0.3, -0.25) is 4.68 Å². The number of aryl methyl sites for hydroxylation is 3. The van der Waals surface area contributed by atoms with Crippen LogP contribution in [0.25, 0.3) is 22.6 Å². The number of fused-ring (bicyclic) bond motifs is 2. The summed E-state index contributed by atoms with van der Waals surface area (Å²) in [5, 5.41) is 4.69. The lowest BCUT2D eigenvalue weighted by Gasteiger charge is -2.11. The molecule has 4 rings (SSSR count). The monoisotopic (exact) mass is 324 g/mol. The average Bonchev–Trinajstić information content (AvgIpc) is 3.09. The van der Waals surface area contributed by atoms with Crippen LogP contribution in [0.4, 0.5) is 0 Å². The molecule has 6 nitrogen and oxygen atoms in total. The van der Waals surface area contributed by atoms with Crippen molar-refractivity contribution in [3.63, 3.8) is 0 Å². The fourth-order valence-corrected chi connectivity index (χ4v) is 3.62. The van der Waals surface area contributed by atoms with E-state index in [4.69, 9.17) is 9.72 Å². The molecule has 0 saturated heterocycles. The van der Waals surface area contributed by atoms with Crippen LogP contribution in [0.15, 0.2) is 18.2 Å². The summed E-state index contributed by atoms with van der Waals surface area (Å²) in [5.74, 6) is 0.548. The first-order chi connectivity index (χ1) is 11.6. The molecule has 1 aliphatic carbocycles. The van der Waals surface area contributed by atoms with E-state index in [0.29, 0.717) is 5.56 Å². The quantitative estimate of drug-likeness (QED) is 0.680. The number of carbonyl (C=O) groups excluding carboxylic acids is 1. The Labute approximate surface area is 140 Å². The van der Waals surface area contributed by atoms with Gasteiger partial charge in [0.05, 0.1) is 29.4 Å². The molecule has 6 heteroatoms. The summed E-state index contributed by atoms with van der Waals surface area (Å²) in [7, 11) is 5.37. The molecule has 0 unspecified atom stereocenters. The number of imidazole rings is 1. The summed E-state index contributed by atoms with van der Waals surface area (Å²) < 4.78 is 8.81. The lowest BCUT2D eigenvalue weighted by Crippen LogP contribution is -2.03. The first-order valence-corrected chi connectivity index (χ1v) is 8.20. The molecule has 0 radical (unpaired) electrons. The molecule has 0 fully saturated rings. The third-order valence-corrected chi connectivity index (χ3v) is 4.83. The van der Waals surface area contributed by atoms with E-state index in [1.807, 2.05) is 24.8 Å². The highest BCUT2D eigenvalue weighted by atomic mass is 16.5. The van der Waals surface area contributed by atoms with E-state index < -0.39 is 0 Å². The lowest BCUT2D eigenvalue weighted by atomic mass is 9.95. The summed E-state index contributed by atoms with van der Waals surface area (Å²) >= 11 is 0. The molecule has 0 amide bonds. The second-order valence-electron chi connectivity index (χ2n) is 6.29. The van der Waals surface area contributed by atoms with Gasteiger partial charge in [0.25, 0.3) is 0 Å². The van der Waals surface area contributed by atoms with Gasteiger partial charge in [-0.25, -0.2) is 9.78 Å². The zero-order valence-corrected chi connectivity index (χ0v) is 14.2. The Hall–Kier alpha value is -2.63. The zero-order valence-electron chi connectivity index (χ0n) is 14.2. The van der Waals surface area contributed by atoms with Gasteiger partial charge >= 0.3 is 5.97 Å². The van der Waals surface area contributed by atoms with Crippen molar-refractivity contribution in [2.75, 3.05) is 7.11 Å². The second kappa shape index (κ2) is 5.47. The third kappa shape index (κ3) is 2.13. The van der Waals surface area contributed by atoms with Gasteiger partial charge in [0.2, 0.25) is 0 Å². The predicted octanol–water partition coefficient (Wildman–Crippen LogP) is 2.64. The molecule has 1 aliphatic rings. The summed E-state index contributed by atoms with van der Waals surface area (Å²) in [6.45, 7) is 0. The molecule has 0 atom stereocenters. The van der Waals surface area contributed by atoms with Crippen LogP contribution in [0.5, 0.6) is 0 Å². The van der Waals surface area contributed by atoms with Crippen molar-refractivity contribution >= 4 is 17.0 Å². The van der Waals surface area contributed by atoms with Gasteiger partial charge in [-0.2, -0.15) is 5.10 Å². The van der Waals surface area contributed by atoms with E-state index in [-0.39, 0.29) is 5.97 Å². The van der Waals surface area contributed by atoms with Crippen molar-refractivity contribution in [2.45, 2.75) is 25.7 Å². The minimum atomic E-state index is -0.345. The maximum atomic E-state index is 11.8. The number of hydrogen-bond donors (Lipinski definition) is 0. The predicted molar refractivity (Wildman–Crippen MR) is 90.9 cm³/mol. The standard InChI is InChI=1S/C18H20N4O2/c1-21-15-9-8-11(18(23)24-3)10-14(15)19-17(21)16-12-6-4-5-7-13(12)20-22(16)2/h8-10H,4-7H2,1-3H3. The van der Waals surface area contributed by atoms with Gasteiger partial charge in [0, 0.05) is 19.7 Å². The summed E-state index contributed by atoms with van der Waals surface area (Å²) in [6, 6.07) is 5.48. The first-order valence-electron chi connectivity index (χ1n) is 8.20. The molecule has 0 N–H and O–H groups in total. The summed E-state index contributed by atoms with van der Waals surface area (Å²) in [4.78, 5) is 16.5. The molecule has 3 aromatic rings. The number of nitrogens with zero attached hydrogens (tertiary/aromatic N) is 4. The molecule has 0 saturated carbocycles. The number of hydrogen-bond acceptors (Lipinski definition) is 4. The Morgan fingerprint density at radius 2 is 2.00 bits per heavy atom. The van der Waals surface area contributed by atoms with E-state index in [2.05, 4.69) is 9.67 Å². The van der Waals surface area contributed by atoms with E-state index in [1.54, 1.807) is 12.1 Å². The number of esters is 1. The molecule has 1 aromatic carbocycles. The van der Waals surface area contributed by atoms with Gasteiger partial charge in [0.15, 0.2) is 5.82 Å². The molecule has 0 spiro atoms. The number of methoxy groups -OCH3 is 1. The Kier molecular flexibility index (Phi) is 3.40. The third-order valence-electron chi connectivity index (χ3n) is 4.83. The van der Waals surface area contributed by atoms with Crippen molar-refractivity contribution < 1.29 is 9.53 Å². The van der Waals surface area contributed by atoms with E-state index in [0.717, 1.165) is 35.4 Å². The molecule has 0 aliphatic heterocycles. The number of aromatic nitrogens is 4. The molecular formula is C18H20N4O2. The van der Waals surface area contributed by atoms with E-state index >= 15 is 0 Å². The Bertz CT molecular complexity index is 952. The van der Waals surface area contributed by atoms with Crippen molar-refractivity contribution in [1.82, 2.24) is 19.3 Å². The van der Waals surface area contributed by atoms with Gasteiger partial charge in [0.1, 0.15) is 5.69 Å². The molecular weight excluding hydrogens is 304 g/mol. The molecule has 0 bridgehead atoms. The molecule has 24 heavy (non-hydrogen) atoms. The normalized spacial score (nSPS) is 14.0. The minimum Gasteiger partial charge on any atom is -0.465 e. The van der Waals surface area contributed by atoms with Crippen molar-refractivity contribution in [3.05, 3.63) is 35.0 Å². The van der Waals surface area contributed by atoms with Gasteiger partial charge in [-0.15, -0.1) is 0 Å². The molecule has 2 heterocycles. The average molecular weight is 324 g/mol. The van der Waals surface area contributed by atoms with Crippen LogP contribution in [0.1, 0.15) is 34.5 Å². The zero-order chi connectivity index (χ0) is 16.8. The minimum absolute atomic E-state index is 0.345. The highest BCUT2D eigenvalue weighted by molar-refractivity contribution is 5.94. The van der Waals surface area contributed by atoms with Crippen LogP contribution in [-0.2, 0) is 31.7 Å². The van der Waals surface area contributed by atoms with Crippen LogP contribution >= 0.6 is 0 Å². The lowest BCUT2D eigenvalue weighted by molar-refractivity contribution is 0.0601. The Morgan fingerprint density at radius 3 is 2.79 bits per heavy atom. The van der Waals surface area contributed by atoms with Gasteiger partial charge in [-0.05, 0) is 43.9 Å². The maximum Gasteiger partial charge on any atom is 0.337 e. The van der Waals surface area contributed by atoms with Crippen LogP contribution in [0.3, 0.4) is 0 Å². The highest BCUT2D eigenvalue weighted by Crippen LogP contribution is 2.32. The first kappa shape index (κ1) is 14.9. The smallest absolute Gasteiger partial charge is 0.337 e. The van der Waals surface area contributed by atoms with Gasteiger partial charge < -0.3 is 9.30 Å². The van der Waals surface area contributed by atoms with Crippen molar-refractivity contribution in [3.8, 4) is 11.5 Å². The SMILES string of the molecule is COC(=O)c1ccc2c(c1)nc(-c1c3c(nn1C)CCCC3)n2C. The largest absolute Gasteiger partial charge is 0.465 e. The fourth-order valence-electron chi connectivity index (χ4n) is 3.62. The number of rotatable bonds is 2. The van der Waals surface area contributed by atoms with Crippen LogP contribution < -0.4 is 0 Å². The van der Waals surface area contributed by atoms with Crippen LogP contribution in [-0.4, -0.2) is 32.4 Å². The summed E-state index contributed by atoms with van der Waals surface area (Å²) in [6.07, 6.45) is 4.49. The Balaban J connectivity index is 1.90. The highest BCUT2D eigenvalue weighted by Gasteiger charge is 2.24. The van der Waals surface area contributed by atoms with Crippen molar-refractivity contribution in [1.29, 1.82) is 0 Å². The number of ether oxygens (including phenoxy) is 1. The van der Waals surface area contributed by atoms with Crippen LogP contribution in [0, 0.1) is 0 Å². The van der Waals surface area contributed by atoms with E-state index in [1.165, 1.54) is 31.2 Å². The Morgan fingerprint density at radius 1 is 1.21 bits per heavy atom. The van der Waals surface area contributed by atoms with E-state index in [9.17, 15) is 4.79 Å². The van der Waals surface area contributed by atoms with Crippen LogP contribution in [0.2, 0.25) is 0 Å². The van der Waals surface area contributed by atoms with Crippen molar-refractivity contribution in [2.24, 2.45) is 14.1 Å². The number of carbonyl (C=O) groups is 1. The maximum absolute atomic E-state index is 11.8. The fraction of sp³-hybridized carbons (Fsp3) is 0.389. The van der Waals surface area contributed by atoms with Gasteiger partial charge in [-0.1, -0.05) is 0 Å². The molecule has 124 valence electrons. The summed E-state index contributed by atoms with van der Waals surface area (Å²) in [5.41, 5.74) is 5.89. The number of benzene rings is 1. The second-order valence-corrected chi connectivity index (χ2v) is 6.29.